The van der Waals surface area contributed by atoms with Gasteiger partial charge in [0.15, 0.2) is 0 Å². The molecule has 0 spiro atoms. The molecule has 0 bridgehead atoms. The number of amides is 7. The third kappa shape index (κ3) is 37.8. The molecule has 2 atom stereocenters. The average molecular weight is 1260 g/mol. The predicted octanol–water partition coefficient (Wildman–Crippen LogP) is 0.877. The van der Waals surface area contributed by atoms with Crippen molar-refractivity contribution in [2.75, 3.05) is 144 Å². The molecule has 7 amide bonds. The van der Waals surface area contributed by atoms with Crippen LogP contribution in [0.3, 0.4) is 0 Å². The quantitative estimate of drug-likeness (QED) is 0.0234. The van der Waals surface area contributed by atoms with Crippen molar-refractivity contribution in [1.29, 1.82) is 0 Å². The molecule has 2 aromatic heterocycles. The Morgan fingerprint density at radius 2 is 1.19 bits per heavy atom. The smallest absolute Gasteiger partial charge is 0.312 e. The number of sulfone groups is 1. The summed E-state index contributed by atoms with van der Waals surface area (Å²) >= 11 is 0. The van der Waals surface area contributed by atoms with Gasteiger partial charge in [0.1, 0.15) is 31.0 Å². The number of hydrogen-bond acceptors (Lipinski definition) is 21. The Balaban J connectivity index is 1.06. The lowest BCUT2D eigenvalue weighted by Gasteiger charge is -2.25. The SMILES string of the molecule is CC(C)[C@H](NC(=O)COCC(=O)NCCOCCOCCOCCOCCOCCOCCOCCOCCn1cc(CNC(=O)CCCC#Cc2cnc(S(C)(=O)=O)nc2)nn1)C(=O)N[C@@H](CCCNC(N)=O)C(=O)Nc1ccc(CC(C)(C)C)cc1. The van der Waals surface area contributed by atoms with Crippen molar-refractivity contribution in [2.45, 2.75) is 103 Å². The van der Waals surface area contributed by atoms with Gasteiger partial charge in [-0.1, -0.05) is 63.8 Å². The van der Waals surface area contributed by atoms with Crippen LogP contribution in [-0.4, -0.2) is 219 Å². The number of anilines is 1. The minimum atomic E-state index is -3.47. The van der Waals surface area contributed by atoms with E-state index in [4.69, 9.17) is 48.4 Å². The van der Waals surface area contributed by atoms with Crippen molar-refractivity contribution < 1.29 is 79.8 Å². The molecule has 29 nitrogen and oxygen atoms in total. The van der Waals surface area contributed by atoms with Crippen LogP contribution in [0.1, 0.15) is 83.5 Å². The van der Waals surface area contributed by atoms with E-state index in [2.05, 4.69) is 84.8 Å². The molecule has 0 aliphatic carbocycles. The van der Waals surface area contributed by atoms with Crippen molar-refractivity contribution >= 4 is 51.1 Å². The minimum Gasteiger partial charge on any atom is -0.377 e. The fourth-order valence-corrected chi connectivity index (χ4v) is 8.06. The highest BCUT2D eigenvalue weighted by atomic mass is 32.2. The molecule has 0 aliphatic heterocycles. The molecule has 1 aromatic carbocycles. The van der Waals surface area contributed by atoms with Gasteiger partial charge in [-0.2, -0.15) is 0 Å². The van der Waals surface area contributed by atoms with Gasteiger partial charge in [0, 0.05) is 50.3 Å². The lowest BCUT2D eigenvalue weighted by molar-refractivity contribution is -0.135. The van der Waals surface area contributed by atoms with Gasteiger partial charge in [0.25, 0.3) is 0 Å². The van der Waals surface area contributed by atoms with Gasteiger partial charge < -0.3 is 80.3 Å². The van der Waals surface area contributed by atoms with Crippen molar-refractivity contribution in [3.63, 3.8) is 0 Å². The molecular formula is C58H92N12O17S. The van der Waals surface area contributed by atoms with Crippen LogP contribution in [0.15, 0.2) is 48.0 Å². The molecule has 0 unspecified atom stereocenters. The number of aromatic nitrogens is 5. The van der Waals surface area contributed by atoms with E-state index in [1.165, 1.54) is 12.4 Å². The Labute approximate surface area is 516 Å². The second kappa shape index (κ2) is 44.6. The molecule has 0 saturated heterocycles. The summed E-state index contributed by atoms with van der Waals surface area (Å²) < 4.78 is 74.0. The maximum Gasteiger partial charge on any atom is 0.312 e. The number of carbonyl (C=O) groups is 6. The van der Waals surface area contributed by atoms with Crippen LogP contribution in [0, 0.1) is 23.2 Å². The fourth-order valence-electron chi connectivity index (χ4n) is 7.58. The Hall–Kier alpha value is -6.79. The Morgan fingerprint density at radius 1 is 0.648 bits per heavy atom. The maximum absolute atomic E-state index is 13.5. The van der Waals surface area contributed by atoms with E-state index in [-0.39, 0.29) is 61.5 Å². The molecule has 3 aromatic rings. The first-order chi connectivity index (χ1) is 42.2. The van der Waals surface area contributed by atoms with Crippen molar-refractivity contribution in [2.24, 2.45) is 17.1 Å². The molecule has 30 heteroatoms. The van der Waals surface area contributed by atoms with E-state index < -0.39 is 64.8 Å². The van der Waals surface area contributed by atoms with Crippen LogP contribution >= 0.6 is 0 Å². The predicted molar refractivity (Wildman–Crippen MR) is 322 cm³/mol. The number of ether oxygens (including phenoxy) is 9. The molecule has 0 aliphatic rings. The van der Waals surface area contributed by atoms with Crippen molar-refractivity contribution in [3.05, 3.63) is 59.7 Å². The number of nitrogens with two attached hydrogens (primary N) is 1. The summed E-state index contributed by atoms with van der Waals surface area (Å²) in [6, 6.07) is 4.75. The molecule has 88 heavy (non-hydrogen) atoms. The van der Waals surface area contributed by atoms with Crippen LogP contribution in [0.4, 0.5) is 10.5 Å². The highest BCUT2D eigenvalue weighted by molar-refractivity contribution is 7.90. The normalized spacial score (nSPS) is 12.2. The third-order valence-corrected chi connectivity index (χ3v) is 12.8. The molecule has 0 saturated carbocycles. The summed E-state index contributed by atoms with van der Waals surface area (Å²) in [5.41, 5.74) is 8.05. The highest BCUT2D eigenvalue weighted by Crippen LogP contribution is 2.22. The Bertz CT molecular complexity index is 2670. The molecule has 492 valence electrons. The van der Waals surface area contributed by atoms with E-state index in [0.717, 1.165) is 18.2 Å². The largest absolute Gasteiger partial charge is 0.377 e. The summed E-state index contributed by atoms with van der Waals surface area (Å²) in [6.07, 6.45) is 8.15. The molecule has 3 rings (SSSR count). The van der Waals surface area contributed by atoms with Gasteiger partial charge in [-0.15, -0.1) is 5.10 Å². The zero-order valence-electron chi connectivity index (χ0n) is 51.7. The number of unbranched alkanes of at least 4 members (excludes halogenated alkanes) is 1. The van der Waals surface area contributed by atoms with E-state index in [9.17, 15) is 37.2 Å². The zero-order chi connectivity index (χ0) is 64.3. The molecule has 2 heterocycles. The summed E-state index contributed by atoms with van der Waals surface area (Å²) in [4.78, 5) is 83.0. The second-order valence-electron chi connectivity index (χ2n) is 21.4. The van der Waals surface area contributed by atoms with Gasteiger partial charge in [0.05, 0.1) is 131 Å². The van der Waals surface area contributed by atoms with Crippen molar-refractivity contribution in [3.8, 4) is 11.8 Å². The van der Waals surface area contributed by atoms with Crippen LogP contribution in [0.25, 0.3) is 0 Å². The Morgan fingerprint density at radius 3 is 1.73 bits per heavy atom. The monoisotopic (exact) mass is 1260 g/mol. The third-order valence-electron chi connectivity index (χ3n) is 11.9. The fraction of sp³-hybridized carbons (Fsp3) is 0.655. The van der Waals surface area contributed by atoms with E-state index >= 15 is 0 Å². The van der Waals surface area contributed by atoms with E-state index in [1.54, 1.807) is 36.9 Å². The summed E-state index contributed by atoms with van der Waals surface area (Å²) in [7, 11) is -3.47. The molecule has 0 radical (unpaired) electrons. The van der Waals surface area contributed by atoms with E-state index in [1.807, 2.05) is 12.1 Å². The van der Waals surface area contributed by atoms with Crippen LogP contribution in [-0.2, 0) is 96.0 Å². The number of nitrogens with one attached hydrogen (secondary N) is 6. The first kappa shape index (κ1) is 75.5. The number of carbonyl (C=O) groups excluding carboxylic acids is 6. The first-order valence-electron chi connectivity index (χ1n) is 29.3. The molecule has 0 fully saturated rings. The lowest BCUT2D eigenvalue weighted by Crippen LogP contribution is -2.55. The van der Waals surface area contributed by atoms with Crippen molar-refractivity contribution in [1.82, 2.24) is 51.5 Å². The summed E-state index contributed by atoms with van der Waals surface area (Å²) in [5.74, 6) is 3.14. The maximum atomic E-state index is 13.5. The summed E-state index contributed by atoms with van der Waals surface area (Å²) in [5, 5.41) is 24.0. The topological polar surface area (TPSA) is 374 Å². The van der Waals surface area contributed by atoms with Gasteiger partial charge in [0.2, 0.25) is 44.5 Å². The molecule has 8 N–H and O–H groups in total. The van der Waals surface area contributed by atoms with Gasteiger partial charge in [-0.3, -0.25) is 24.0 Å². The number of nitrogens with zero attached hydrogens (tertiary/aromatic N) is 5. The average Bonchev–Trinajstić information content (AvgIpc) is 4.12. The lowest BCUT2D eigenvalue weighted by atomic mass is 9.88. The van der Waals surface area contributed by atoms with Gasteiger partial charge >= 0.3 is 6.03 Å². The van der Waals surface area contributed by atoms with Crippen LogP contribution < -0.4 is 37.6 Å². The highest BCUT2D eigenvalue weighted by Gasteiger charge is 2.29. The minimum absolute atomic E-state index is 0.0886. The number of hydrogen-bond donors (Lipinski definition) is 7. The van der Waals surface area contributed by atoms with Gasteiger partial charge in [-0.25, -0.2) is 27.9 Å². The zero-order valence-corrected chi connectivity index (χ0v) is 52.6. The molecular weight excluding hydrogens is 1170 g/mol. The standard InChI is InChI=1S/C58H92N12O17S/c1-44(2)53(55(75)66-49(12-10-18-61-56(59)76)54(74)65-47-16-14-45(15-17-47)37-58(3,4)5)67-52(73)43-87-42-51(72)60-19-21-79-23-25-81-27-29-83-31-33-85-35-36-86-34-32-84-30-28-82-26-24-80-22-20-70-41-48(68-69-70)40-62-50(71)13-9-7-8-11-46-38-63-57(64-39-46)88(6,77)78/h14-17,38-39,41,44,49,53H,7,9-10,12-13,18-37,40,42-43H2,1-6H3,(H,60,72)(H,62,71)(H,65,74)(H,66,75)(H,67,73)(H3,59,61,76)/t49-,53-/m0/s1. The number of benzene rings is 1. The Kier molecular flexibility index (Phi) is 38.3. The summed E-state index contributed by atoms with van der Waals surface area (Å²) in [6.45, 7) is 16.3. The number of urea groups is 1. The van der Waals surface area contributed by atoms with Crippen LogP contribution in [0.5, 0.6) is 0 Å². The van der Waals surface area contributed by atoms with Crippen LogP contribution in [0.2, 0.25) is 0 Å². The van der Waals surface area contributed by atoms with E-state index in [0.29, 0.717) is 142 Å². The number of primary amides is 1. The number of rotatable bonds is 48. The first-order valence-corrected chi connectivity index (χ1v) is 31.2. The second-order valence-corrected chi connectivity index (χ2v) is 23.3. The van der Waals surface area contributed by atoms with Gasteiger partial charge in [-0.05, 0) is 54.7 Å².